The number of carbonyl (C=O) groups is 5. The predicted octanol–water partition coefficient (Wildman–Crippen LogP) is 2.05. The first kappa shape index (κ1) is 29.7. The molecule has 1 atom stereocenters. The number of hydrogen-bond donors (Lipinski definition) is 4. The summed E-state index contributed by atoms with van der Waals surface area (Å²) in [5.74, 6) is -2.53. The molecule has 2 bridgehead atoms. The van der Waals surface area contributed by atoms with Crippen molar-refractivity contribution in [1.82, 2.24) is 20.5 Å². The van der Waals surface area contributed by atoms with Crippen LogP contribution in [0.4, 0.5) is 5.69 Å². The van der Waals surface area contributed by atoms with Crippen molar-refractivity contribution in [2.75, 3.05) is 11.9 Å². The van der Waals surface area contributed by atoms with Gasteiger partial charge in [0, 0.05) is 35.7 Å². The second-order valence-corrected chi connectivity index (χ2v) is 11.3. The number of furan rings is 1. The van der Waals surface area contributed by atoms with Crippen LogP contribution in [0.25, 0.3) is 11.0 Å². The Labute approximate surface area is 247 Å². The first-order valence-corrected chi connectivity index (χ1v) is 14.6. The van der Waals surface area contributed by atoms with Crippen LogP contribution in [-0.2, 0) is 32.1 Å². The van der Waals surface area contributed by atoms with Crippen LogP contribution in [0, 0.1) is 5.92 Å². The van der Waals surface area contributed by atoms with Crippen LogP contribution in [0.3, 0.4) is 0 Å². The number of nitrogens with one attached hydrogen (secondary N) is 4. The summed E-state index contributed by atoms with van der Waals surface area (Å²) in [6, 6.07) is 8.80. The molecule has 6 rings (SSSR count). The van der Waals surface area contributed by atoms with E-state index >= 15 is 0 Å². The van der Waals surface area contributed by atoms with Crippen LogP contribution in [0.5, 0.6) is 0 Å². The topological polar surface area (TPSA) is 169 Å². The first-order valence-electron chi connectivity index (χ1n) is 14.6. The fraction of sp³-hybridized carbons (Fsp3) is 0.419. The largest absolute Gasteiger partial charge is 0.451 e. The number of aryl methyl sites for hydroxylation is 1. The average Bonchev–Trinajstić information content (AvgIpc) is 3.33. The summed E-state index contributed by atoms with van der Waals surface area (Å²) in [4.78, 5) is 76.9. The van der Waals surface area contributed by atoms with E-state index in [1.807, 2.05) is 19.1 Å². The Morgan fingerprint density at radius 2 is 1.79 bits per heavy atom. The molecule has 2 aromatic heterocycles. The first-order chi connectivity index (χ1) is 20.6. The standard InChI is InChI=1S/C31H35N5O7/c1-3-19-20-8-5-6-10-24(20)43-26(19)29(41)33-21(11-12-23(37)28(40)32-4-2)27(39)34-22-9-7-13-36(30(22)42)17-25(38)35-31-14-18(15-31)16-31/h5-10,13,18,21H,3-4,11-12,14-17H2,1-2H3,(H,32,40)(H,33,41)(H,34,39)(H,35,38)/t18?,21-,31?/m0/s1. The lowest BCUT2D eigenvalue weighted by Gasteiger charge is -2.61. The van der Waals surface area contributed by atoms with E-state index in [0.717, 1.165) is 24.6 Å². The highest BCUT2D eigenvalue weighted by Crippen LogP contribution is 2.56. The van der Waals surface area contributed by atoms with Gasteiger partial charge in [-0.3, -0.25) is 28.8 Å². The van der Waals surface area contributed by atoms with Gasteiger partial charge >= 0.3 is 0 Å². The summed E-state index contributed by atoms with van der Waals surface area (Å²) >= 11 is 0. The maximum absolute atomic E-state index is 13.4. The van der Waals surface area contributed by atoms with Gasteiger partial charge in [-0.1, -0.05) is 25.1 Å². The third kappa shape index (κ3) is 6.23. The van der Waals surface area contributed by atoms with Crippen LogP contribution in [0.15, 0.2) is 51.8 Å². The van der Waals surface area contributed by atoms with Gasteiger partial charge in [-0.05, 0) is 63.1 Å². The number of pyridine rings is 1. The van der Waals surface area contributed by atoms with Gasteiger partial charge < -0.3 is 30.3 Å². The molecule has 12 nitrogen and oxygen atoms in total. The number of fused-ring (bicyclic) bond motifs is 1. The number of hydrogen-bond acceptors (Lipinski definition) is 7. The SMILES string of the molecule is CCNC(=O)C(=O)CC[C@H](NC(=O)c1oc2ccccc2c1CC)C(=O)Nc1cccn(CC(=O)NC23CC(C2)C3)c1=O. The van der Waals surface area contributed by atoms with E-state index < -0.39 is 35.1 Å². The number of aromatic nitrogens is 1. The third-order valence-electron chi connectivity index (χ3n) is 8.17. The van der Waals surface area contributed by atoms with E-state index in [1.54, 1.807) is 19.1 Å². The zero-order valence-corrected chi connectivity index (χ0v) is 24.2. The van der Waals surface area contributed by atoms with Crippen molar-refractivity contribution in [3.05, 3.63) is 64.3 Å². The Hall–Kier alpha value is -4.74. The van der Waals surface area contributed by atoms with Crippen molar-refractivity contribution in [3.8, 4) is 0 Å². The molecule has 3 aliphatic carbocycles. The monoisotopic (exact) mass is 589 g/mol. The number of rotatable bonds is 13. The number of anilines is 1. The maximum atomic E-state index is 13.4. The number of Topliss-reactive ketones (excluding diaryl/α,β-unsaturated/α-hetero) is 1. The van der Waals surface area contributed by atoms with E-state index in [-0.39, 0.29) is 48.8 Å². The molecule has 4 amide bonds. The highest BCUT2D eigenvalue weighted by atomic mass is 16.3. The molecule has 3 aromatic rings. The van der Waals surface area contributed by atoms with Crippen LogP contribution in [0.2, 0.25) is 0 Å². The van der Waals surface area contributed by atoms with Crippen molar-refractivity contribution < 1.29 is 28.4 Å². The summed E-state index contributed by atoms with van der Waals surface area (Å²) in [6.45, 7) is 3.60. The van der Waals surface area contributed by atoms with Crippen LogP contribution in [-0.4, -0.2) is 52.1 Å². The van der Waals surface area contributed by atoms with Crippen molar-refractivity contribution in [2.24, 2.45) is 5.92 Å². The zero-order chi connectivity index (χ0) is 30.7. The van der Waals surface area contributed by atoms with Crippen LogP contribution >= 0.6 is 0 Å². The van der Waals surface area contributed by atoms with Gasteiger partial charge in [0.05, 0.1) is 0 Å². The molecule has 0 unspecified atom stereocenters. The quantitative estimate of drug-likeness (QED) is 0.221. The zero-order valence-electron chi connectivity index (χ0n) is 24.2. The average molecular weight is 590 g/mol. The molecule has 12 heteroatoms. The Morgan fingerprint density at radius 1 is 1.05 bits per heavy atom. The number of carbonyl (C=O) groups excluding carboxylic acids is 5. The summed E-state index contributed by atoms with van der Waals surface area (Å²) in [7, 11) is 0. The second kappa shape index (κ2) is 12.2. The molecule has 3 aliphatic rings. The molecular weight excluding hydrogens is 554 g/mol. The fourth-order valence-electron chi connectivity index (χ4n) is 5.87. The smallest absolute Gasteiger partial charge is 0.287 e. The number of para-hydroxylation sites is 1. The predicted molar refractivity (Wildman–Crippen MR) is 157 cm³/mol. The number of nitrogens with zero attached hydrogens (tertiary/aromatic N) is 1. The van der Waals surface area contributed by atoms with Crippen molar-refractivity contribution in [3.63, 3.8) is 0 Å². The molecular formula is C31H35N5O7. The molecule has 2 heterocycles. The number of ketones is 1. The minimum atomic E-state index is -1.29. The Kier molecular flexibility index (Phi) is 8.47. The molecule has 0 spiro atoms. The van der Waals surface area contributed by atoms with Gasteiger partial charge in [0.2, 0.25) is 17.6 Å². The van der Waals surface area contributed by atoms with E-state index in [4.69, 9.17) is 4.42 Å². The van der Waals surface area contributed by atoms with Crippen molar-refractivity contribution in [1.29, 1.82) is 0 Å². The highest BCUT2D eigenvalue weighted by Gasteiger charge is 2.57. The summed E-state index contributed by atoms with van der Waals surface area (Å²) in [5.41, 5.74) is 0.343. The molecule has 0 aliphatic heterocycles. The van der Waals surface area contributed by atoms with Gasteiger partial charge in [-0.2, -0.15) is 0 Å². The Balaban J connectivity index is 1.32. The summed E-state index contributed by atoms with van der Waals surface area (Å²) in [6.07, 6.45) is 4.31. The molecule has 3 saturated carbocycles. The third-order valence-corrected chi connectivity index (χ3v) is 8.17. The van der Waals surface area contributed by atoms with E-state index in [1.165, 1.54) is 22.9 Å². The van der Waals surface area contributed by atoms with E-state index in [0.29, 0.717) is 23.5 Å². The van der Waals surface area contributed by atoms with Gasteiger partial charge in [0.15, 0.2) is 5.76 Å². The minimum absolute atomic E-state index is 0.0355. The number of benzene rings is 1. The molecule has 0 radical (unpaired) electrons. The Morgan fingerprint density at radius 3 is 2.47 bits per heavy atom. The maximum Gasteiger partial charge on any atom is 0.287 e. The molecule has 0 saturated heterocycles. The molecule has 3 fully saturated rings. The minimum Gasteiger partial charge on any atom is -0.451 e. The highest BCUT2D eigenvalue weighted by molar-refractivity contribution is 6.36. The lowest BCUT2D eigenvalue weighted by Crippen LogP contribution is -2.68. The molecule has 4 N–H and O–H groups in total. The molecule has 226 valence electrons. The summed E-state index contributed by atoms with van der Waals surface area (Å²) in [5, 5.41) is 11.4. The number of amides is 4. The molecule has 43 heavy (non-hydrogen) atoms. The van der Waals surface area contributed by atoms with Gasteiger partial charge in [0.25, 0.3) is 17.4 Å². The van der Waals surface area contributed by atoms with Crippen LogP contribution < -0.4 is 26.8 Å². The van der Waals surface area contributed by atoms with Gasteiger partial charge in [0.1, 0.15) is 23.9 Å². The lowest BCUT2D eigenvalue weighted by atomic mass is 9.50. The molecule has 1 aromatic carbocycles. The van der Waals surface area contributed by atoms with Gasteiger partial charge in [-0.25, -0.2) is 0 Å². The summed E-state index contributed by atoms with van der Waals surface area (Å²) < 4.78 is 7.00. The van der Waals surface area contributed by atoms with Gasteiger partial charge in [-0.15, -0.1) is 0 Å². The van der Waals surface area contributed by atoms with Crippen molar-refractivity contribution >= 4 is 46.1 Å². The number of likely N-dealkylation sites (N-methyl/N-ethyl adjacent to an activating group) is 1. The van der Waals surface area contributed by atoms with E-state index in [9.17, 15) is 28.8 Å². The van der Waals surface area contributed by atoms with Crippen molar-refractivity contribution in [2.45, 2.75) is 70.5 Å². The normalized spacial score (nSPS) is 19.0. The Bertz CT molecular complexity index is 1640. The van der Waals surface area contributed by atoms with E-state index in [2.05, 4.69) is 21.3 Å². The fourth-order valence-corrected chi connectivity index (χ4v) is 5.87. The second-order valence-electron chi connectivity index (χ2n) is 11.3. The van der Waals surface area contributed by atoms with Crippen LogP contribution in [0.1, 0.15) is 62.1 Å². The lowest BCUT2D eigenvalue weighted by molar-refractivity contribution is -0.138.